The number of rotatable bonds is 5. The second kappa shape index (κ2) is 7.71. The van der Waals surface area contributed by atoms with Gasteiger partial charge >= 0.3 is 6.03 Å². The maximum absolute atomic E-state index is 13.2. The summed E-state index contributed by atoms with van der Waals surface area (Å²) in [4.78, 5) is 38.4. The van der Waals surface area contributed by atoms with Gasteiger partial charge < -0.3 is 10.6 Å². The topological polar surface area (TPSA) is 78.5 Å². The van der Waals surface area contributed by atoms with E-state index in [1.807, 2.05) is 31.2 Å². The van der Waals surface area contributed by atoms with Gasteiger partial charge in [-0.1, -0.05) is 40.2 Å². The first-order valence-corrected chi connectivity index (χ1v) is 9.45. The first-order valence-electron chi connectivity index (χ1n) is 8.65. The molecule has 4 amide bonds. The van der Waals surface area contributed by atoms with E-state index in [4.69, 9.17) is 0 Å². The number of benzene rings is 2. The summed E-state index contributed by atoms with van der Waals surface area (Å²) in [7, 11) is 0. The van der Waals surface area contributed by atoms with Crippen LogP contribution in [0.1, 0.15) is 31.0 Å². The molecule has 0 radical (unpaired) electrons. The number of imide groups is 1. The standard InChI is InChI=1S/C20H19BrFN3O3/c1-12(13-3-7-15(21)8-4-13)23-17(26)11-25-18(27)20(2,24-19(25)28)14-5-9-16(22)10-6-14/h3-10,12H,11H2,1-2H3,(H,23,26)(H,24,28)/t12-,20-/m1/s1. The number of carbonyl (C=O) groups is 3. The third kappa shape index (κ3) is 3.91. The lowest BCUT2D eigenvalue weighted by Gasteiger charge is -2.22. The molecule has 0 aliphatic carbocycles. The molecule has 0 aromatic heterocycles. The third-order valence-corrected chi connectivity index (χ3v) is 5.27. The molecule has 0 spiro atoms. The molecule has 1 aliphatic rings. The Morgan fingerprint density at radius 3 is 2.39 bits per heavy atom. The van der Waals surface area contributed by atoms with Gasteiger partial charge in [0.1, 0.15) is 17.9 Å². The minimum Gasteiger partial charge on any atom is -0.348 e. The molecule has 2 aromatic carbocycles. The fourth-order valence-electron chi connectivity index (χ4n) is 3.08. The summed E-state index contributed by atoms with van der Waals surface area (Å²) in [6.07, 6.45) is 0. The van der Waals surface area contributed by atoms with Crippen LogP contribution in [0.4, 0.5) is 9.18 Å². The van der Waals surface area contributed by atoms with E-state index < -0.39 is 35.7 Å². The Hall–Kier alpha value is -2.74. The lowest BCUT2D eigenvalue weighted by atomic mass is 9.92. The Bertz CT molecular complexity index is 917. The highest BCUT2D eigenvalue weighted by molar-refractivity contribution is 9.10. The Balaban J connectivity index is 1.69. The molecule has 0 saturated carbocycles. The van der Waals surface area contributed by atoms with E-state index in [1.165, 1.54) is 31.2 Å². The van der Waals surface area contributed by atoms with Gasteiger partial charge in [0.25, 0.3) is 5.91 Å². The zero-order chi connectivity index (χ0) is 20.5. The summed E-state index contributed by atoms with van der Waals surface area (Å²) < 4.78 is 14.1. The maximum Gasteiger partial charge on any atom is 0.325 e. The minimum atomic E-state index is -1.34. The van der Waals surface area contributed by atoms with E-state index >= 15 is 0 Å². The minimum absolute atomic E-state index is 0.287. The Morgan fingerprint density at radius 2 is 1.79 bits per heavy atom. The van der Waals surface area contributed by atoms with Gasteiger partial charge in [-0.15, -0.1) is 0 Å². The van der Waals surface area contributed by atoms with Crippen LogP contribution in [0.2, 0.25) is 0 Å². The van der Waals surface area contributed by atoms with Crippen LogP contribution in [0.5, 0.6) is 0 Å². The molecule has 28 heavy (non-hydrogen) atoms. The Morgan fingerprint density at radius 1 is 1.18 bits per heavy atom. The molecule has 0 bridgehead atoms. The molecular formula is C20H19BrFN3O3. The van der Waals surface area contributed by atoms with Crippen LogP contribution in [-0.2, 0) is 15.1 Å². The Labute approximate surface area is 170 Å². The molecule has 0 unspecified atom stereocenters. The average molecular weight is 448 g/mol. The zero-order valence-electron chi connectivity index (χ0n) is 15.3. The summed E-state index contributed by atoms with van der Waals surface area (Å²) >= 11 is 3.35. The number of halogens is 2. The van der Waals surface area contributed by atoms with Gasteiger partial charge in [-0.2, -0.15) is 0 Å². The van der Waals surface area contributed by atoms with Crippen molar-refractivity contribution in [3.05, 3.63) is 69.9 Å². The first kappa shape index (κ1) is 20.0. The van der Waals surface area contributed by atoms with Crippen molar-refractivity contribution in [3.63, 3.8) is 0 Å². The number of hydrogen-bond donors (Lipinski definition) is 2. The third-order valence-electron chi connectivity index (χ3n) is 4.75. The Kier molecular flexibility index (Phi) is 5.51. The summed E-state index contributed by atoms with van der Waals surface area (Å²) in [5.41, 5.74) is -0.00848. The fraction of sp³-hybridized carbons (Fsp3) is 0.250. The van der Waals surface area contributed by atoms with E-state index in [-0.39, 0.29) is 6.04 Å². The molecule has 6 nitrogen and oxygen atoms in total. The van der Waals surface area contributed by atoms with Crippen LogP contribution < -0.4 is 10.6 Å². The average Bonchev–Trinajstić information content (AvgIpc) is 2.86. The summed E-state index contributed by atoms with van der Waals surface area (Å²) in [5.74, 6) is -1.46. The number of urea groups is 1. The van der Waals surface area contributed by atoms with Crippen molar-refractivity contribution >= 4 is 33.8 Å². The molecule has 2 aromatic rings. The molecule has 3 rings (SSSR count). The second-order valence-corrected chi connectivity index (χ2v) is 7.71. The molecule has 1 heterocycles. The normalized spacial score (nSPS) is 20.1. The van der Waals surface area contributed by atoms with Crippen LogP contribution in [-0.4, -0.2) is 29.3 Å². The molecule has 2 N–H and O–H groups in total. The van der Waals surface area contributed by atoms with Crippen LogP contribution in [0.3, 0.4) is 0 Å². The van der Waals surface area contributed by atoms with Gasteiger partial charge in [0, 0.05) is 4.47 Å². The van der Waals surface area contributed by atoms with E-state index in [9.17, 15) is 18.8 Å². The molecule has 8 heteroatoms. The van der Waals surface area contributed by atoms with E-state index in [0.717, 1.165) is 14.9 Å². The molecule has 1 aliphatic heterocycles. The van der Waals surface area contributed by atoms with Crippen LogP contribution in [0.15, 0.2) is 53.0 Å². The van der Waals surface area contributed by atoms with Gasteiger partial charge in [-0.25, -0.2) is 9.18 Å². The quantitative estimate of drug-likeness (QED) is 0.690. The summed E-state index contributed by atoms with van der Waals surface area (Å²) in [6.45, 7) is 2.95. The fourth-order valence-corrected chi connectivity index (χ4v) is 3.35. The van der Waals surface area contributed by atoms with Gasteiger partial charge in [0.2, 0.25) is 5.91 Å². The van der Waals surface area contributed by atoms with Crippen LogP contribution in [0, 0.1) is 5.82 Å². The highest BCUT2D eigenvalue weighted by atomic mass is 79.9. The lowest BCUT2D eigenvalue weighted by molar-refractivity contribution is -0.135. The zero-order valence-corrected chi connectivity index (χ0v) is 16.9. The number of nitrogens with zero attached hydrogens (tertiary/aromatic N) is 1. The SMILES string of the molecule is C[C@@H](NC(=O)CN1C(=O)N[C@](C)(c2ccc(F)cc2)C1=O)c1ccc(Br)cc1. The molecule has 146 valence electrons. The first-order chi connectivity index (χ1) is 13.2. The monoisotopic (exact) mass is 447 g/mol. The maximum atomic E-state index is 13.2. The predicted molar refractivity (Wildman–Crippen MR) is 105 cm³/mol. The van der Waals surface area contributed by atoms with Crippen molar-refractivity contribution in [1.82, 2.24) is 15.5 Å². The smallest absolute Gasteiger partial charge is 0.325 e. The van der Waals surface area contributed by atoms with Crippen molar-refractivity contribution in [3.8, 4) is 0 Å². The van der Waals surface area contributed by atoms with Crippen molar-refractivity contribution in [2.24, 2.45) is 0 Å². The highest BCUT2D eigenvalue weighted by Crippen LogP contribution is 2.28. The molecule has 1 saturated heterocycles. The van der Waals surface area contributed by atoms with Crippen LogP contribution >= 0.6 is 15.9 Å². The lowest BCUT2D eigenvalue weighted by Crippen LogP contribution is -2.43. The molecular weight excluding hydrogens is 429 g/mol. The van der Waals surface area contributed by atoms with Crippen molar-refractivity contribution in [2.45, 2.75) is 25.4 Å². The molecule has 1 fully saturated rings. The number of amides is 4. The van der Waals surface area contributed by atoms with Crippen molar-refractivity contribution in [2.75, 3.05) is 6.54 Å². The number of nitrogens with one attached hydrogen (secondary N) is 2. The predicted octanol–water partition coefficient (Wildman–Crippen LogP) is 3.23. The van der Waals surface area contributed by atoms with E-state index in [0.29, 0.717) is 5.56 Å². The number of carbonyl (C=O) groups excluding carboxylic acids is 3. The largest absolute Gasteiger partial charge is 0.348 e. The van der Waals surface area contributed by atoms with Gasteiger partial charge in [0.15, 0.2) is 0 Å². The van der Waals surface area contributed by atoms with E-state index in [1.54, 1.807) is 0 Å². The summed E-state index contributed by atoms with van der Waals surface area (Å²) in [5, 5.41) is 5.37. The number of hydrogen-bond acceptors (Lipinski definition) is 3. The highest BCUT2D eigenvalue weighted by Gasteiger charge is 2.49. The van der Waals surface area contributed by atoms with Gasteiger partial charge in [-0.3, -0.25) is 14.5 Å². The second-order valence-electron chi connectivity index (χ2n) is 6.79. The summed E-state index contributed by atoms with van der Waals surface area (Å²) in [6, 6.07) is 11.8. The molecule has 2 atom stereocenters. The van der Waals surface area contributed by atoms with E-state index in [2.05, 4.69) is 26.6 Å². The van der Waals surface area contributed by atoms with Gasteiger partial charge in [0.05, 0.1) is 6.04 Å². The van der Waals surface area contributed by atoms with Crippen molar-refractivity contribution < 1.29 is 18.8 Å². The van der Waals surface area contributed by atoms with Crippen LogP contribution in [0.25, 0.3) is 0 Å². The van der Waals surface area contributed by atoms with Crippen molar-refractivity contribution in [1.29, 1.82) is 0 Å². The van der Waals surface area contributed by atoms with Gasteiger partial charge in [-0.05, 0) is 49.2 Å².